The van der Waals surface area contributed by atoms with Crippen molar-refractivity contribution >= 4 is 5.91 Å². The summed E-state index contributed by atoms with van der Waals surface area (Å²) in [4.78, 5) is 12.1. The highest BCUT2D eigenvalue weighted by molar-refractivity contribution is 5.83. The van der Waals surface area contributed by atoms with Crippen molar-refractivity contribution in [2.24, 2.45) is 11.1 Å². The number of nitrogens with two attached hydrogens (primary N) is 1. The summed E-state index contributed by atoms with van der Waals surface area (Å²) < 4.78 is 11.0. The number of ether oxygens (including phenoxy) is 2. The van der Waals surface area contributed by atoms with Gasteiger partial charge in [-0.3, -0.25) is 4.79 Å². The van der Waals surface area contributed by atoms with Gasteiger partial charge in [0, 0.05) is 25.3 Å². The molecule has 1 amide bonds. The van der Waals surface area contributed by atoms with E-state index in [1.807, 2.05) is 27.7 Å². The molecule has 0 saturated carbocycles. The van der Waals surface area contributed by atoms with Crippen LogP contribution in [0, 0.1) is 5.41 Å². The molecule has 5 nitrogen and oxygen atoms in total. The number of carbonyl (C=O) groups excluding carboxylic acids is 1. The van der Waals surface area contributed by atoms with E-state index in [0.717, 1.165) is 25.9 Å². The Balaban J connectivity index is 2.10. The number of carbonyl (C=O) groups is 1. The normalized spacial score (nSPS) is 20.1. The van der Waals surface area contributed by atoms with Crippen molar-refractivity contribution < 1.29 is 14.3 Å². The molecule has 0 aliphatic carbocycles. The lowest BCUT2D eigenvalue weighted by atomic mass is 9.74. The van der Waals surface area contributed by atoms with E-state index < -0.39 is 11.0 Å². The fourth-order valence-corrected chi connectivity index (χ4v) is 1.88. The molecule has 1 rings (SSSR count). The van der Waals surface area contributed by atoms with Gasteiger partial charge in [-0.1, -0.05) is 0 Å². The molecule has 3 N–H and O–H groups in total. The highest BCUT2D eigenvalue weighted by Gasteiger charge is 2.40. The van der Waals surface area contributed by atoms with Crippen LogP contribution in [-0.4, -0.2) is 43.9 Å². The predicted octanol–water partition coefficient (Wildman–Crippen LogP) is 1.45. The summed E-state index contributed by atoms with van der Waals surface area (Å²) in [6, 6.07) is 0. The van der Waals surface area contributed by atoms with Crippen LogP contribution in [0.2, 0.25) is 0 Å². The van der Waals surface area contributed by atoms with Crippen molar-refractivity contribution in [1.29, 1.82) is 0 Å². The average Bonchev–Trinajstić information content (AvgIpc) is 2.84. The highest BCUT2D eigenvalue weighted by Crippen LogP contribution is 2.28. The smallest absolute Gasteiger partial charge is 0.227 e. The Hall–Kier alpha value is -0.650. The molecule has 0 aromatic rings. The first-order valence-corrected chi connectivity index (χ1v) is 7.51. The first-order valence-electron chi connectivity index (χ1n) is 7.51. The molecule has 20 heavy (non-hydrogen) atoms. The molecule has 0 bridgehead atoms. The molecule has 118 valence electrons. The topological polar surface area (TPSA) is 73.6 Å². The van der Waals surface area contributed by atoms with Crippen molar-refractivity contribution in [3.05, 3.63) is 0 Å². The molecule has 1 saturated heterocycles. The van der Waals surface area contributed by atoms with E-state index in [9.17, 15) is 4.79 Å². The summed E-state index contributed by atoms with van der Waals surface area (Å²) in [5, 5.41) is 2.93. The Morgan fingerprint density at radius 2 is 2.10 bits per heavy atom. The molecule has 0 spiro atoms. The van der Waals surface area contributed by atoms with Crippen molar-refractivity contribution in [2.45, 2.75) is 58.6 Å². The van der Waals surface area contributed by atoms with E-state index in [1.165, 1.54) is 0 Å². The van der Waals surface area contributed by atoms with Crippen LogP contribution in [0.15, 0.2) is 0 Å². The molecule has 0 radical (unpaired) electrons. The highest BCUT2D eigenvalue weighted by atomic mass is 16.5. The molecule has 1 aliphatic rings. The first kappa shape index (κ1) is 17.4. The minimum Gasteiger partial charge on any atom is -0.379 e. The van der Waals surface area contributed by atoms with Gasteiger partial charge in [-0.05, 0) is 47.0 Å². The van der Waals surface area contributed by atoms with Gasteiger partial charge in [0.05, 0.1) is 18.1 Å². The Kier molecular flexibility index (Phi) is 6.43. The summed E-state index contributed by atoms with van der Waals surface area (Å²) in [6.45, 7) is 10.3. The fourth-order valence-electron chi connectivity index (χ4n) is 1.88. The largest absolute Gasteiger partial charge is 0.379 e. The lowest BCUT2D eigenvalue weighted by Gasteiger charge is -2.36. The number of hydrogen-bond acceptors (Lipinski definition) is 4. The van der Waals surface area contributed by atoms with Gasteiger partial charge in [0.25, 0.3) is 0 Å². The quantitative estimate of drug-likeness (QED) is 0.662. The zero-order chi connectivity index (χ0) is 15.2. The SMILES string of the molecule is CC(C)(N)C(C)(C)C(=O)NCCCOCC1CCCO1. The van der Waals surface area contributed by atoms with Gasteiger partial charge in [-0.2, -0.15) is 0 Å². The zero-order valence-electron chi connectivity index (χ0n) is 13.3. The average molecular weight is 286 g/mol. The maximum absolute atomic E-state index is 12.1. The molecule has 1 unspecified atom stereocenters. The van der Waals surface area contributed by atoms with Crippen LogP contribution in [0.25, 0.3) is 0 Å². The minimum atomic E-state index is -0.592. The van der Waals surface area contributed by atoms with E-state index in [4.69, 9.17) is 15.2 Å². The second-order valence-electron chi connectivity index (χ2n) is 6.67. The standard InChI is InChI=1S/C15H30N2O3/c1-14(2,15(3,4)16)13(18)17-8-6-9-19-11-12-7-5-10-20-12/h12H,5-11,16H2,1-4H3,(H,17,18). The van der Waals surface area contributed by atoms with E-state index in [0.29, 0.717) is 19.8 Å². The second kappa shape index (κ2) is 7.38. The van der Waals surface area contributed by atoms with Crippen molar-refractivity contribution in [1.82, 2.24) is 5.32 Å². The molecular weight excluding hydrogens is 256 g/mol. The monoisotopic (exact) mass is 286 g/mol. The summed E-state index contributed by atoms with van der Waals surface area (Å²) in [7, 11) is 0. The third-order valence-electron chi connectivity index (χ3n) is 4.26. The predicted molar refractivity (Wildman–Crippen MR) is 79.5 cm³/mol. The molecule has 1 heterocycles. The molecule has 0 aromatic heterocycles. The number of amides is 1. The maximum atomic E-state index is 12.1. The fraction of sp³-hybridized carbons (Fsp3) is 0.933. The van der Waals surface area contributed by atoms with Gasteiger partial charge in [0.15, 0.2) is 0 Å². The molecule has 5 heteroatoms. The Labute approximate surface area is 122 Å². The third kappa shape index (κ3) is 5.04. The summed E-state index contributed by atoms with van der Waals surface area (Å²) >= 11 is 0. The Morgan fingerprint density at radius 1 is 1.40 bits per heavy atom. The van der Waals surface area contributed by atoms with Crippen LogP contribution in [0.3, 0.4) is 0 Å². The number of rotatable bonds is 8. The van der Waals surface area contributed by atoms with Crippen molar-refractivity contribution in [2.75, 3.05) is 26.4 Å². The van der Waals surface area contributed by atoms with Crippen molar-refractivity contribution in [3.63, 3.8) is 0 Å². The van der Waals surface area contributed by atoms with E-state index in [-0.39, 0.29) is 12.0 Å². The molecule has 1 fully saturated rings. The van der Waals surface area contributed by atoms with Gasteiger partial charge in [0.2, 0.25) is 5.91 Å². The van der Waals surface area contributed by atoms with E-state index in [1.54, 1.807) is 0 Å². The Morgan fingerprint density at radius 3 is 2.65 bits per heavy atom. The lowest BCUT2D eigenvalue weighted by Crippen LogP contribution is -2.55. The first-order chi connectivity index (χ1) is 9.25. The summed E-state index contributed by atoms with van der Waals surface area (Å²) in [6.07, 6.45) is 3.30. The van der Waals surface area contributed by atoms with Gasteiger partial charge >= 0.3 is 0 Å². The van der Waals surface area contributed by atoms with Gasteiger partial charge in [0.1, 0.15) is 0 Å². The zero-order valence-corrected chi connectivity index (χ0v) is 13.3. The second-order valence-corrected chi connectivity index (χ2v) is 6.67. The minimum absolute atomic E-state index is 0.0101. The van der Waals surface area contributed by atoms with Crippen molar-refractivity contribution in [3.8, 4) is 0 Å². The van der Waals surface area contributed by atoms with Crippen LogP contribution < -0.4 is 11.1 Å². The van der Waals surface area contributed by atoms with Gasteiger partial charge in [-0.25, -0.2) is 0 Å². The van der Waals surface area contributed by atoms with Gasteiger partial charge in [-0.15, -0.1) is 0 Å². The van der Waals surface area contributed by atoms with E-state index in [2.05, 4.69) is 5.32 Å². The Bertz CT molecular complexity index is 305. The van der Waals surface area contributed by atoms with Crippen LogP contribution in [-0.2, 0) is 14.3 Å². The van der Waals surface area contributed by atoms with Crippen LogP contribution >= 0.6 is 0 Å². The number of nitrogens with one attached hydrogen (secondary N) is 1. The summed E-state index contributed by atoms with van der Waals surface area (Å²) in [5.74, 6) is -0.0101. The van der Waals surface area contributed by atoms with Crippen LogP contribution in [0.4, 0.5) is 0 Å². The maximum Gasteiger partial charge on any atom is 0.227 e. The summed E-state index contributed by atoms with van der Waals surface area (Å²) in [5.41, 5.74) is 4.90. The molecular formula is C15H30N2O3. The van der Waals surface area contributed by atoms with Gasteiger partial charge < -0.3 is 20.5 Å². The third-order valence-corrected chi connectivity index (χ3v) is 4.26. The lowest BCUT2D eigenvalue weighted by molar-refractivity contribution is -0.132. The van der Waals surface area contributed by atoms with Crippen LogP contribution in [0.5, 0.6) is 0 Å². The van der Waals surface area contributed by atoms with Crippen LogP contribution in [0.1, 0.15) is 47.0 Å². The molecule has 1 atom stereocenters. The number of hydrogen-bond donors (Lipinski definition) is 2. The molecule has 1 aliphatic heterocycles. The van der Waals surface area contributed by atoms with E-state index >= 15 is 0 Å². The molecule has 0 aromatic carbocycles.